The minimum atomic E-state index is 1.15. The second-order valence-corrected chi connectivity index (χ2v) is 10.9. The predicted molar refractivity (Wildman–Crippen MR) is 176 cm³/mol. The fourth-order valence-electron chi connectivity index (χ4n) is 5.48. The van der Waals surface area contributed by atoms with E-state index in [1.165, 1.54) is 61.3 Å². The van der Waals surface area contributed by atoms with Gasteiger partial charge in [-0.25, -0.2) is 0 Å². The van der Waals surface area contributed by atoms with Gasteiger partial charge < -0.3 is 4.90 Å². The number of benzene rings is 6. The Morgan fingerprint density at radius 3 is 1.12 bits per heavy atom. The second-order valence-electron chi connectivity index (χ2n) is 10.9. The quantitative estimate of drug-likeness (QED) is 0.207. The van der Waals surface area contributed by atoms with Crippen LogP contribution in [0.1, 0.15) is 22.3 Å². The Hall–Kier alpha value is -4.88. The standard InChI is InChI=1S/C40H35N/c1-28-20-22-36(24-30(28)3)41(37-23-21-29(2)31(4)25-37)40-38(33-16-10-6-11-17-33)26-35(32-14-8-5-9-15-32)27-39(40)34-18-12-7-13-19-34/h5-27H,1-4H3. The van der Waals surface area contributed by atoms with Crippen LogP contribution in [0.3, 0.4) is 0 Å². The summed E-state index contributed by atoms with van der Waals surface area (Å²) in [6.07, 6.45) is 0. The molecule has 0 radical (unpaired) electrons. The van der Waals surface area contributed by atoms with Crippen molar-refractivity contribution >= 4 is 17.1 Å². The van der Waals surface area contributed by atoms with Gasteiger partial charge in [0.25, 0.3) is 0 Å². The first kappa shape index (κ1) is 26.3. The molecule has 0 bridgehead atoms. The molecule has 41 heavy (non-hydrogen) atoms. The molecule has 200 valence electrons. The molecule has 6 aromatic rings. The summed E-state index contributed by atoms with van der Waals surface area (Å²) in [4.78, 5) is 2.46. The minimum absolute atomic E-state index is 1.15. The molecule has 0 heterocycles. The van der Waals surface area contributed by atoms with E-state index in [0.717, 1.165) is 11.4 Å². The van der Waals surface area contributed by atoms with Crippen molar-refractivity contribution in [2.24, 2.45) is 0 Å². The third-order valence-electron chi connectivity index (χ3n) is 8.11. The van der Waals surface area contributed by atoms with Gasteiger partial charge in [-0.05, 0) is 109 Å². The lowest BCUT2D eigenvalue weighted by molar-refractivity contribution is 1.23. The maximum atomic E-state index is 2.46. The molecular weight excluding hydrogens is 494 g/mol. The Balaban J connectivity index is 1.75. The van der Waals surface area contributed by atoms with E-state index in [2.05, 4.69) is 172 Å². The summed E-state index contributed by atoms with van der Waals surface area (Å²) in [6, 6.07) is 50.7. The van der Waals surface area contributed by atoms with E-state index in [1.807, 2.05) is 0 Å². The van der Waals surface area contributed by atoms with E-state index in [1.54, 1.807) is 0 Å². The van der Waals surface area contributed by atoms with Gasteiger partial charge >= 0.3 is 0 Å². The maximum Gasteiger partial charge on any atom is 0.0618 e. The molecule has 0 aliphatic carbocycles. The van der Waals surface area contributed by atoms with Crippen LogP contribution in [0.5, 0.6) is 0 Å². The van der Waals surface area contributed by atoms with Crippen molar-refractivity contribution in [3.8, 4) is 33.4 Å². The summed E-state index contributed by atoms with van der Waals surface area (Å²) in [5.74, 6) is 0. The number of hydrogen-bond donors (Lipinski definition) is 0. The van der Waals surface area contributed by atoms with Crippen molar-refractivity contribution in [2.45, 2.75) is 27.7 Å². The van der Waals surface area contributed by atoms with Crippen LogP contribution in [-0.4, -0.2) is 0 Å². The molecule has 1 nitrogen and oxygen atoms in total. The fourth-order valence-corrected chi connectivity index (χ4v) is 5.48. The molecule has 0 spiro atoms. The lowest BCUT2D eigenvalue weighted by Crippen LogP contribution is -2.13. The Kier molecular flexibility index (Phi) is 7.27. The molecule has 0 unspecified atom stereocenters. The molecule has 0 fully saturated rings. The third kappa shape index (κ3) is 5.32. The van der Waals surface area contributed by atoms with Crippen LogP contribution in [-0.2, 0) is 0 Å². The molecule has 0 saturated carbocycles. The van der Waals surface area contributed by atoms with Gasteiger partial charge in [-0.2, -0.15) is 0 Å². The first-order valence-electron chi connectivity index (χ1n) is 14.3. The van der Waals surface area contributed by atoms with Gasteiger partial charge in [-0.15, -0.1) is 0 Å². The first-order valence-corrected chi connectivity index (χ1v) is 14.3. The summed E-state index contributed by atoms with van der Waals surface area (Å²) >= 11 is 0. The molecule has 6 aromatic carbocycles. The average Bonchev–Trinajstić information content (AvgIpc) is 3.02. The summed E-state index contributed by atoms with van der Waals surface area (Å²) in [5.41, 5.74) is 15.8. The molecule has 6 rings (SSSR count). The second kappa shape index (κ2) is 11.3. The summed E-state index contributed by atoms with van der Waals surface area (Å²) < 4.78 is 0. The Morgan fingerprint density at radius 2 is 0.732 bits per heavy atom. The Bertz CT molecular complexity index is 1690. The van der Waals surface area contributed by atoms with Gasteiger partial charge in [0.05, 0.1) is 5.69 Å². The molecule has 0 saturated heterocycles. The van der Waals surface area contributed by atoms with Crippen LogP contribution in [0.2, 0.25) is 0 Å². The number of hydrogen-bond acceptors (Lipinski definition) is 1. The Morgan fingerprint density at radius 1 is 0.341 bits per heavy atom. The molecule has 0 aliphatic heterocycles. The smallest absolute Gasteiger partial charge is 0.0618 e. The van der Waals surface area contributed by atoms with E-state index >= 15 is 0 Å². The predicted octanol–water partition coefficient (Wildman–Crippen LogP) is 11.4. The molecule has 0 N–H and O–H groups in total. The highest BCUT2D eigenvalue weighted by Crippen LogP contribution is 2.49. The third-order valence-corrected chi connectivity index (χ3v) is 8.11. The fraction of sp³-hybridized carbons (Fsp3) is 0.100. The topological polar surface area (TPSA) is 3.24 Å². The lowest BCUT2D eigenvalue weighted by atomic mass is 9.89. The van der Waals surface area contributed by atoms with E-state index < -0.39 is 0 Å². The van der Waals surface area contributed by atoms with Gasteiger partial charge in [-0.3, -0.25) is 0 Å². The zero-order valence-corrected chi connectivity index (χ0v) is 24.2. The van der Waals surface area contributed by atoms with Crippen molar-refractivity contribution < 1.29 is 0 Å². The SMILES string of the molecule is Cc1ccc(N(c2ccc(C)c(C)c2)c2c(-c3ccccc3)cc(-c3ccccc3)cc2-c2ccccc2)cc1C. The van der Waals surface area contributed by atoms with Crippen LogP contribution in [0, 0.1) is 27.7 Å². The van der Waals surface area contributed by atoms with Gasteiger partial charge in [-0.1, -0.05) is 103 Å². The van der Waals surface area contributed by atoms with E-state index in [9.17, 15) is 0 Å². The zero-order chi connectivity index (χ0) is 28.3. The molecular formula is C40H35N. The van der Waals surface area contributed by atoms with Crippen LogP contribution >= 0.6 is 0 Å². The first-order chi connectivity index (χ1) is 20.0. The number of aryl methyl sites for hydroxylation is 4. The summed E-state index contributed by atoms with van der Waals surface area (Å²) in [5, 5.41) is 0. The molecule has 0 aliphatic rings. The van der Waals surface area contributed by atoms with E-state index in [-0.39, 0.29) is 0 Å². The number of nitrogens with zero attached hydrogens (tertiary/aromatic N) is 1. The van der Waals surface area contributed by atoms with Crippen molar-refractivity contribution in [1.82, 2.24) is 0 Å². The average molecular weight is 530 g/mol. The minimum Gasteiger partial charge on any atom is -0.309 e. The monoisotopic (exact) mass is 529 g/mol. The zero-order valence-electron chi connectivity index (χ0n) is 24.2. The van der Waals surface area contributed by atoms with Gasteiger partial charge in [0.1, 0.15) is 0 Å². The van der Waals surface area contributed by atoms with Gasteiger partial charge in [0, 0.05) is 22.5 Å². The molecule has 0 atom stereocenters. The highest BCUT2D eigenvalue weighted by Gasteiger charge is 2.24. The summed E-state index contributed by atoms with van der Waals surface area (Å²) in [7, 11) is 0. The summed E-state index contributed by atoms with van der Waals surface area (Å²) in [6.45, 7) is 8.76. The van der Waals surface area contributed by atoms with Crippen LogP contribution in [0.4, 0.5) is 17.1 Å². The van der Waals surface area contributed by atoms with Gasteiger partial charge in [0.15, 0.2) is 0 Å². The maximum absolute atomic E-state index is 2.46. The van der Waals surface area contributed by atoms with Crippen LogP contribution < -0.4 is 4.90 Å². The van der Waals surface area contributed by atoms with E-state index in [0.29, 0.717) is 0 Å². The number of rotatable bonds is 6. The van der Waals surface area contributed by atoms with Crippen LogP contribution in [0.25, 0.3) is 33.4 Å². The van der Waals surface area contributed by atoms with Crippen molar-refractivity contribution in [2.75, 3.05) is 4.90 Å². The molecule has 1 heteroatoms. The van der Waals surface area contributed by atoms with Crippen molar-refractivity contribution in [3.63, 3.8) is 0 Å². The lowest BCUT2D eigenvalue weighted by Gasteiger charge is -2.32. The normalized spacial score (nSPS) is 10.9. The molecule has 0 aromatic heterocycles. The van der Waals surface area contributed by atoms with Crippen molar-refractivity contribution in [1.29, 1.82) is 0 Å². The number of anilines is 3. The highest BCUT2D eigenvalue weighted by atomic mass is 15.1. The van der Waals surface area contributed by atoms with Gasteiger partial charge in [0.2, 0.25) is 0 Å². The molecule has 0 amide bonds. The largest absolute Gasteiger partial charge is 0.309 e. The van der Waals surface area contributed by atoms with Crippen LogP contribution in [0.15, 0.2) is 140 Å². The van der Waals surface area contributed by atoms with E-state index in [4.69, 9.17) is 0 Å². The Labute approximate surface area is 244 Å². The highest BCUT2D eigenvalue weighted by molar-refractivity contribution is 6.00. The van der Waals surface area contributed by atoms with Crippen molar-refractivity contribution in [3.05, 3.63) is 162 Å².